The molecule has 1 aliphatic rings. The van der Waals surface area contributed by atoms with Crippen molar-refractivity contribution < 1.29 is 9.59 Å². The third-order valence-electron chi connectivity index (χ3n) is 7.57. The maximum atomic E-state index is 14.5. The Morgan fingerprint density at radius 2 is 1.58 bits per heavy atom. The first kappa shape index (κ1) is 23.9. The highest BCUT2D eigenvalue weighted by atomic mass is 16.2. The van der Waals surface area contributed by atoms with Gasteiger partial charge in [-0.2, -0.15) is 0 Å². The number of aromatic nitrogens is 1. The summed E-state index contributed by atoms with van der Waals surface area (Å²) in [6.45, 7) is 5.08. The fraction of sp³-hybridized carbons (Fsp3) is 0.290. The molecule has 1 aliphatic heterocycles. The molecule has 2 heterocycles. The van der Waals surface area contributed by atoms with Crippen LogP contribution in [0.4, 0.5) is 0 Å². The van der Waals surface area contributed by atoms with Crippen LogP contribution in [0.1, 0.15) is 55.1 Å². The van der Waals surface area contributed by atoms with Gasteiger partial charge in [0.05, 0.1) is 11.1 Å². The molecule has 0 radical (unpaired) electrons. The molecule has 1 N–H and O–H groups in total. The second-order valence-corrected chi connectivity index (χ2v) is 9.79. The summed E-state index contributed by atoms with van der Waals surface area (Å²) in [7, 11) is 2.01. The van der Waals surface area contributed by atoms with E-state index in [0.717, 1.165) is 46.1 Å². The second kappa shape index (κ2) is 9.65. The molecule has 1 aromatic heterocycles. The Balaban J connectivity index is 1.71. The number of nitrogens with zero attached hydrogens (tertiary/aromatic N) is 2. The summed E-state index contributed by atoms with van der Waals surface area (Å²) in [5, 5.41) is 4.15. The van der Waals surface area contributed by atoms with Gasteiger partial charge in [-0.3, -0.25) is 9.59 Å². The van der Waals surface area contributed by atoms with Gasteiger partial charge in [-0.25, -0.2) is 0 Å². The van der Waals surface area contributed by atoms with E-state index in [9.17, 15) is 9.59 Å². The van der Waals surface area contributed by atoms with E-state index >= 15 is 0 Å². The Morgan fingerprint density at radius 3 is 2.28 bits per heavy atom. The minimum Gasteiger partial charge on any atom is -0.350 e. The van der Waals surface area contributed by atoms with Crippen molar-refractivity contribution in [3.8, 4) is 0 Å². The first-order valence-corrected chi connectivity index (χ1v) is 12.7. The number of unbranched alkanes of at least 4 members (excludes halogenated alkanes) is 1. The average molecular weight is 480 g/mol. The molecule has 0 spiro atoms. The molecule has 5 heteroatoms. The van der Waals surface area contributed by atoms with Crippen LogP contribution in [0.3, 0.4) is 0 Å². The molecule has 5 rings (SSSR count). The molecule has 4 aromatic rings. The van der Waals surface area contributed by atoms with E-state index in [1.54, 1.807) is 0 Å². The van der Waals surface area contributed by atoms with Gasteiger partial charge in [0.15, 0.2) is 6.04 Å². The molecule has 0 bridgehead atoms. The van der Waals surface area contributed by atoms with Gasteiger partial charge < -0.3 is 14.8 Å². The molecule has 3 aromatic carbocycles. The summed E-state index contributed by atoms with van der Waals surface area (Å²) in [4.78, 5) is 30.2. The lowest BCUT2D eigenvalue weighted by molar-refractivity contribution is -0.146. The minimum absolute atomic E-state index is 0.0223. The molecular weight excluding hydrogens is 446 g/mol. The molecule has 0 aliphatic carbocycles. The van der Waals surface area contributed by atoms with Crippen LogP contribution in [0.2, 0.25) is 0 Å². The normalized spacial score (nSPS) is 19.4. The van der Waals surface area contributed by atoms with Crippen molar-refractivity contribution in [2.24, 2.45) is 7.05 Å². The van der Waals surface area contributed by atoms with Crippen LogP contribution in [0, 0.1) is 0 Å². The molecule has 2 atom stereocenters. The minimum atomic E-state index is -0.901. The first-order chi connectivity index (χ1) is 17.5. The number of carbonyl (C=O) groups excluding carboxylic acids is 2. The third kappa shape index (κ3) is 3.79. The number of aryl methyl sites for hydroxylation is 1. The SMILES string of the molecule is CCCCN1C(=O)[C@](C)(c2ccccc2)c2c(n(C)c3ccccc23)[C@H]1C(=O)NCc1ccccc1. The van der Waals surface area contributed by atoms with E-state index in [4.69, 9.17) is 0 Å². The van der Waals surface area contributed by atoms with Crippen LogP contribution >= 0.6 is 0 Å². The molecule has 0 saturated carbocycles. The number of carbonyl (C=O) groups is 2. The zero-order valence-electron chi connectivity index (χ0n) is 21.2. The van der Waals surface area contributed by atoms with Crippen molar-refractivity contribution in [3.63, 3.8) is 0 Å². The van der Waals surface area contributed by atoms with Gasteiger partial charge in [-0.05, 0) is 30.5 Å². The van der Waals surface area contributed by atoms with E-state index in [2.05, 4.69) is 28.9 Å². The second-order valence-electron chi connectivity index (χ2n) is 9.79. The molecule has 0 fully saturated rings. The van der Waals surface area contributed by atoms with E-state index < -0.39 is 11.5 Å². The average Bonchev–Trinajstić information content (AvgIpc) is 3.22. The van der Waals surface area contributed by atoms with Crippen LogP contribution < -0.4 is 5.32 Å². The molecule has 2 amide bonds. The van der Waals surface area contributed by atoms with Crippen molar-refractivity contribution >= 4 is 22.7 Å². The highest BCUT2D eigenvalue weighted by Crippen LogP contribution is 2.49. The number of amides is 2. The number of benzene rings is 3. The molecule has 184 valence electrons. The monoisotopic (exact) mass is 479 g/mol. The Bertz CT molecular complexity index is 1390. The van der Waals surface area contributed by atoms with E-state index in [1.165, 1.54) is 0 Å². The lowest BCUT2D eigenvalue weighted by Crippen LogP contribution is -2.56. The molecule has 0 saturated heterocycles. The quantitative estimate of drug-likeness (QED) is 0.381. The van der Waals surface area contributed by atoms with Gasteiger partial charge in [-0.15, -0.1) is 0 Å². The van der Waals surface area contributed by atoms with Crippen molar-refractivity contribution in [3.05, 3.63) is 107 Å². The highest BCUT2D eigenvalue weighted by Gasteiger charge is 2.53. The lowest BCUT2D eigenvalue weighted by atomic mass is 9.70. The van der Waals surface area contributed by atoms with Crippen LogP contribution in [0.5, 0.6) is 0 Å². The van der Waals surface area contributed by atoms with E-state index in [-0.39, 0.29) is 11.8 Å². The lowest BCUT2D eigenvalue weighted by Gasteiger charge is -2.44. The topological polar surface area (TPSA) is 54.3 Å². The summed E-state index contributed by atoms with van der Waals surface area (Å²) in [5.74, 6) is -0.170. The first-order valence-electron chi connectivity index (χ1n) is 12.7. The van der Waals surface area contributed by atoms with Crippen molar-refractivity contribution in [1.82, 2.24) is 14.8 Å². The zero-order chi connectivity index (χ0) is 25.3. The number of fused-ring (bicyclic) bond motifs is 3. The van der Waals surface area contributed by atoms with Crippen LogP contribution in [-0.4, -0.2) is 27.8 Å². The Morgan fingerprint density at radius 1 is 0.944 bits per heavy atom. The molecule has 0 unspecified atom stereocenters. The summed E-state index contributed by atoms with van der Waals surface area (Å²) in [6.07, 6.45) is 1.77. The predicted molar refractivity (Wildman–Crippen MR) is 143 cm³/mol. The van der Waals surface area contributed by atoms with E-state index in [0.29, 0.717) is 13.1 Å². The van der Waals surface area contributed by atoms with Gasteiger partial charge in [0.2, 0.25) is 11.8 Å². The fourth-order valence-corrected chi connectivity index (χ4v) is 5.66. The molecular formula is C31H33N3O2. The van der Waals surface area contributed by atoms with Gasteiger partial charge >= 0.3 is 0 Å². The summed E-state index contributed by atoms with van der Waals surface area (Å²) in [6, 6.07) is 27.3. The van der Waals surface area contributed by atoms with Gasteiger partial charge in [0.1, 0.15) is 0 Å². The number of rotatable bonds is 7. The Kier molecular flexibility index (Phi) is 6.40. The van der Waals surface area contributed by atoms with Crippen molar-refractivity contribution in [2.75, 3.05) is 6.54 Å². The zero-order valence-corrected chi connectivity index (χ0v) is 21.2. The summed E-state index contributed by atoms with van der Waals surface area (Å²) >= 11 is 0. The Hall–Kier alpha value is -3.86. The number of hydrogen-bond donors (Lipinski definition) is 1. The molecule has 36 heavy (non-hydrogen) atoms. The maximum Gasteiger partial charge on any atom is 0.249 e. The third-order valence-corrected chi connectivity index (χ3v) is 7.57. The largest absolute Gasteiger partial charge is 0.350 e. The van der Waals surface area contributed by atoms with Gasteiger partial charge in [0.25, 0.3) is 0 Å². The van der Waals surface area contributed by atoms with Gasteiger partial charge in [0, 0.05) is 36.6 Å². The predicted octanol–water partition coefficient (Wildman–Crippen LogP) is 5.48. The number of hydrogen-bond acceptors (Lipinski definition) is 2. The highest BCUT2D eigenvalue weighted by molar-refractivity contribution is 6.04. The standard InChI is InChI=1S/C31H33N3O2/c1-4-5-20-34-28(29(35)32-21-22-14-8-6-9-15-22)27-26(24-18-12-13-19-25(24)33(27)3)31(2,30(34)36)23-16-10-7-11-17-23/h6-19,28H,4-5,20-21H2,1-3H3,(H,32,35)/t28-,31+/m0/s1. The smallest absolute Gasteiger partial charge is 0.249 e. The molecule has 5 nitrogen and oxygen atoms in total. The Labute approximate surface area is 212 Å². The van der Waals surface area contributed by atoms with Crippen LogP contribution in [0.25, 0.3) is 10.9 Å². The maximum absolute atomic E-state index is 14.5. The van der Waals surface area contributed by atoms with Crippen molar-refractivity contribution in [2.45, 2.75) is 44.7 Å². The van der Waals surface area contributed by atoms with E-state index in [1.807, 2.05) is 91.7 Å². The van der Waals surface area contributed by atoms with Crippen LogP contribution in [0.15, 0.2) is 84.9 Å². The van der Waals surface area contributed by atoms with Gasteiger partial charge in [-0.1, -0.05) is 92.2 Å². The fourth-order valence-electron chi connectivity index (χ4n) is 5.66. The van der Waals surface area contributed by atoms with Crippen LogP contribution in [-0.2, 0) is 28.6 Å². The summed E-state index contributed by atoms with van der Waals surface area (Å²) < 4.78 is 2.12. The summed E-state index contributed by atoms with van der Waals surface area (Å²) in [5.41, 5.74) is 3.92. The number of nitrogens with one attached hydrogen (secondary N) is 1. The number of para-hydroxylation sites is 1. The van der Waals surface area contributed by atoms with Crippen molar-refractivity contribution in [1.29, 1.82) is 0 Å².